The zero-order chi connectivity index (χ0) is 16.2. The number of hydrogen-bond donors (Lipinski definition) is 0. The van der Waals surface area contributed by atoms with E-state index in [-0.39, 0.29) is 22.1 Å². The van der Waals surface area contributed by atoms with E-state index in [9.17, 15) is 4.79 Å². The summed E-state index contributed by atoms with van der Waals surface area (Å²) in [6.45, 7) is 4.27. The van der Waals surface area contributed by atoms with Crippen LogP contribution in [0.2, 0.25) is 0 Å². The second-order valence-electron chi connectivity index (χ2n) is 6.19. The molecule has 4 rings (SSSR count). The molecule has 3 heterocycles. The second kappa shape index (κ2) is 5.33. The minimum atomic E-state index is -0.215. The maximum Gasteiger partial charge on any atom is 0.257 e. The van der Waals surface area contributed by atoms with E-state index in [1.807, 2.05) is 42.1 Å². The summed E-state index contributed by atoms with van der Waals surface area (Å²) in [6.07, 6.45) is 0. The first kappa shape index (κ1) is 15.2. The molecule has 0 aliphatic carbocycles. The molecule has 2 atom stereocenters. The van der Waals surface area contributed by atoms with Crippen LogP contribution in [0.4, 0.5) is 5.69 Å². The van der Waals surface area contributed by atoms with Crippen molar-refractivity contribution in [3.63, 3.8) is 0 Å². The van der Waals surface area contributed by atoms with Crippen LogP contribution >= 0.6 is 35.3 Å². The fourth-order valence-corrected chi connectivity index (χ4v) is 6.21. The van der Waals surface area contributed by atoms with Gasteiger partial charge in [-0.25, -0.2) is 0 Å². The van der Waals surface area contributed by atoms with Crippen molar-refractivity contribution in [3.8, 4) is 0 Å². The molecule has 0 bridgehead atoms. The van der Waals surface area contributed by atoms with Gasteiger partial charge >= 0.3 is 0 Å². The van der Waals surface area contributed by atoms with Crippen molar-refractivity contribution < 1.29 is 4.79 Å². The van der Waals surface area contributed by atoms with Crippen molar-refractivity contribution in [2.75, 3.05) is 4.90 Å². The lowest BCUT2D eigenvalue weighted by atomic mass is 10.0. The molecule has 0 saturated carbocycles. The zero-order valence-corrected chi connectivity index (χ0v) is 15.3. The molecule has 2 fully saturated rings. The molecule has 0 N–H and O–H groups in total. The lowest BCUT2D eigenvalue weighted by Crippen LogP contribution is -2.41. The number of thiophene rings is 1. The van der Waals surface area contributed by atoms with Crippen LogP contribution in [-0.2, 0) is 4.79 Å². The van der Waals surface area contributed by atoms with E-state index in [4.69, 9.17) is 12.2 Å². The van der Waals surface area contributed by atoms with Gasteiger partial charge in [0.05, 0.1) is 5.69 Å². The Bertz CT molecular complexity index is 757. The molecule has 6 heteroatoms. The first-order valence-electron chi connectivity index (χ1n) is 7.43. The lowest BCUT2D eigenvalue weighted by molar-refractivity contribution is -0.120. The van der Waals surface area contributed by atoms with Gasteiger partial charge in [0.2, 0.25) is 0 Å². The van der Waals surface area contributed by atoms with Gasteiger partial charge in [-0.3, -0.25) is 9.69 Å². The number of carbonyl (C=O) groups excluding carboxylic acids is 1. The highest BCUT2D eigenvalue weighted by Crippen LogP contribution is 2.56. The summed E-state index contributed by atoms with van der Waals surface area (Å²) in [4.78, 5) is 18.2. The average Bonchev–Trinajstić information content (AvgIpc) is 3.19. The number of rotatable bonds is 2. The number of carbonyl (C=O) groups is 1. The van der Waals surface area contributed by atoms with Gasteiger partial charge in [-0.05, 0) is 49.6 Å². The van der Waals surface area contributed by atoms with E-state index in [0.717, 1.165) is 5.69 Å². The summed E-state index contributed by atoms with van der Waals surface area (Å²) in [5.41, 5.74) is 0.850. The number of hydrogen-bond acceptors (Lipinski definition) is 4. The Balaban J connectivity index is 1.78. The predicted octanol–water partition coefficient (Wildman–Crippen LogP) is 4.27. The third-order valence-corrected chi connectivity index (χ3v) is 7.27. The van der Waals surface area contributed by atoms with Gasteiger partial charge in [0, 0.05) is 9.62 Å². The van der Waals surface area contributed by atoms with E-state index in [2.05, 4.69) is 36.3 Å². The normalized spacial score (nSPS) is 26.0. The Morgan fingerprint density at radius 1 is 1.13 bits per heavy atom. The van der Waals surface area contributed by atoms with Crippen LogP contribution in [0, 0.1) is 0 Å². The summed E-state index contributed by atoms with van der Waals surface area (Å²) in [5.74, 6) is 0.0813. The highest BCUT2D eigenvalue weighted by molar-refractivity contribution is 8.01. The maximum atomic E-state index is 13.1. The molecule has 2 aromatic rings. The van der Waals surface area contributed by atoms with E-state index in [1.54, 1.807) is 16.2 Å². The molecule has 2 aliphatic heterocycles. The number of benzene rings is 1. The quantitative estimate of drug-likeness (QED) is 0.746. The number of anilines is 1. The number of thioether (sulfide) groups is 1. The highest BCUT2D eigenvalue weighted by Gasteiger charge is 2.59. The second-order valence-corrected chi connectivity index (χ2v) is 9.27. The van der Waals surface area contributed by atoms with E-state index in [1.165, 1.54) is 4.88 Å². The summed E-state index contributed by atoms with van der Waals surface area (Å²) >= 11 is 9.26. The minimum Gasteiger partial charge on any atom is -0.318 e. The summed E-state index contributed by atoms with van der Waals surface area (Å²) < 4.78 is -0.181. The lowest BCUT2D eigenvalue weighted by Gasteiger charge is -2.24. The van der Waals surface area contributed by atoms with Gasteiger partial charge in [-0.15, -0.1) is 23.1 Å². The Labute approximate surface area is 149 Å². The van der Waals surface area contributed by atoms with Crippen LogP contribution in [0.1, 0.15) is 24.1 Å². The SMILES string of the molecule is CC1(C)S[C@H](c2cccs2)N2C(=S)N(c3ccccc3)C(=O)[C@H]21. The van der Waals surface area contributed by atoms with Gasteiger partial charge < -0.3 is 4.90 Å². The van der Waals surface area contributed by atoms with Crippen molar-refractivity contribution in [2.24, 2.45) is 0 Å². The van der Waals surface area contributed by atoms with E-state index < -0.39 is 0 Å². The van der Waals surface area contributed by atoms with Gasteiger partial charge in [-0.1, -0.05) is 24.3 Å². The third-order valence-electron chi connectivity index (χ3n) is 4.27. The molecule has 23 heavy (non-hydrogen) atoms. The Kier molecular flexibility index (Phi) is 3.51. The van der Waals surface area contributed by atoms with Crippen molar-refractivity contribution in [1.29, 1.82) is 0 Å². The number of para-hydroxylation sites is 1. The predicted molar refractivity (Wildman–Crippen MR) is 101 cm³/mol. The van der Waals surface area contributed by atoms with Crippen LogP contribution < -0.4 is 4.90 Å². The Hall–Kier alpha value is -1.37. The Morgan fingerprint density at radius 3 is 2.52 bits per heavy atom. The molecule has 118 valence electrons. The first-order valence-corrected chi connectivity index (χ1v) is 9.60. The maximum absolute atomic E-state index is 13.1. The molecule has 0 radical (unpaired) electrons. The number of fused-ring (bicyclic) bond motifs is 1. The van der Waals surface area contributed by atoms with Gasteiger partial charge in [0.15, 0.2) is 5.11 Å². The number of nitrogens with zero attached hydrogens (tertiary/aromatic N) is 2. The zero-order valence-electron chi connectivity index (χ0n) is 12.8. The molecule has 2 saturated heterocycles. The van der Waals surface area contributed by atoms with Crippen molar-refractivity contribution >= 4 is 52.0 Å². The fraction of sp³-hybridized carbons (Fsp3) is 0.294. The molecular weight excluding hydrogens is 344 g/mol. The molecular formula is C17H16N2OS3. The van der Waals surface area contributed by atoms with Gasteiger partial charge in [0.1, 0.15) is 11.4 Å². The molecule has 0 unspecified atom stereocenters. The van der Waals surface area contributed by atoms with Crippen LogP contribution in [0.5, 0.6) is 0 Å². The monoisotopic (exact) mass is 360 g/mol. The van der Waals surface area contributed by atoms with Crippen molar-refractivity contribution in [1.82, 2.24) is 4.90 Å². The smallest absolute Gasteiger partial charge is 0.257 e. The van der Waals surface area contributed by atoms with Crippen LogP contribution in [0.3, 0.4) is 0 Å². The van der Waals surface area contributed by atoms with Gasteiger partial charge in [-0.2, -0.15) is 0 Å². The van der Waals surface area contributed by atoms with Gasteiger partial charge in [0.25, 0.3) is 5.91 Å². The first-order chi connectivity index (χ1) is 11.0. The average molecular weight is 361 g/mol. The van der Waals surface area contributed by atoms with E-state index >= 15 is 0 Å². The summed E-state index contributed by atoms with van der Waals surface area (Å²) in [6, 6.07) is 13.7. The number of thiocarbonyl (C=S) groups is 1. The number of amides is 1. The minimum absolute atomic E-state index is 0.0813. The van der Waals surface area contributed by atoms with Crippen LogP contribution in [-0.4, -0.2) is 26.7 Å². The topological polar surface area (TPSA) is 23.6 Å². The van der Waals surface area contributed by atoms with E-state index in [0.29, 0.717) is 5.11 Å². The standard InChI is InChI=1S/C17H16N2OS3/c1-17(2)13-14(20)18(11-7-4-3-5-8-11)16(21)19(13)15(23-17)12-9-6-10-22-12/h3-10,13,15H,1-2H3/t13-,15+/m0/s1. The summed E-state index contributed by atoms with van der Waals surface area (Å²) in [5, 5.41) is 2.80. The van der Waals surface area contributed by atoms with Crippen molar-refractivity contribution in [3.05, 3.63) is 52.7 Å². The molecule has 3 nitrogen and oxygen atoms in total. The van der Waals surface area contributed by atoms with Crippen LogP contribution in [0.25, 0.3) is 0 Å². The molecule has 1 amide bonds. The molecule has 1 aromatic carbocycles. The Morgan fingerprint density at radius 2 is 1.87 bits per heavy atom. The molecule has 1 aromatic heterocycles. The largest absolute Gasteiger partial charge is 0.318 e. The third kappa shape index (κ3) is 2.23. The van der Waals surface area contributed by atoms with Crippen LogP contribution in [0.15, 0.2) is 47.8 Å². The molecule has 0 spiro atoms. The van der Waals surface area contributed by atoms with Crippen molar-refractivity contribution in [2.45, 2.75) is 30.0 Å². The fourth-order valence-electron chi connectivity index (χ4n) is 3.28. The molecule has 2 aliphatic rings. The highest BCUT2D eigenvalue weighted by atomic mass is 32.2. The summed E-state index contributed by atoms with van der Waals surface area (Å²) in [7, 11) is 0.